The average Bonchev–Trinajstić information content (AvgIpc) is 3.09. The molecule has 3 aromatic rings. The Bertz CT molecular complexity index is 1070. The van der Waals surface area contributed by atoms with E-state index in [0.717, 1.165) is 49.7 Å². The summed E-state index contributed by atoms with van der Waals surface area (Å²) in [6.07, 6.45) is 4.41. The molecular formula is C25H31ClN4O3. The minimum Gasteiger partial charge on any atom is -0.493 e. The van der Waals surface area contributed by atoms with Crippen molar-refractivity contribution in [3.8, 4) is 11.6 Å². The molecule has 0 saturated heterocycles. The number of rotatable bonds is 12. The minimum atomic E-state index is -0.548. The standard InChI is InChI=1S/C25H31ClN4O3/c1-3-5-15-29(16-6-4-2)18-30-22-10-8-7-9-21(22)24(25(30)32)28-27-23(31)17-33-20-13-11-19(26)12-14-20/h7-14,32H,3-6,15-18H2,1-2H3. The van der Waals surface area contributed by atoms with Gasteiger partial charge in [-0.05, 0) is 56.3 Å². The topological polar surface area (TPSA) is 79.4 Å². The number of nitrogens with zero attached hydrogens (tertiary/aromatic N) is 4. The van der Waals surface area contributed by atoms with Crippen LogP contribution in [0.25, 0.3) is 10.9 Å². The summed E-state index contributed by atoms with van der Waals surface area (Å²) in [6.45, 7) is 6.56. The van der Waals surface area contributed by atoms with Crippen LogP contribution in [0.5, 0.6) is 11.6 Å². The highest BCUT2D eigenvalue weighted by atomic mass is 35.5. The third-order valence-corrected chi connectivity index (χ3v) is 5.60. The van der Waals surface area contributed by atoms with Crippen LogP contribution < -0.4 is 4.74 Å². The third-order valence-electron chi connectivity index (χ3n) is 5.35. The Kier molecular flexibility index (Phi) is 9.27. The van der Waals surface area contributed by atoms with E-state index in [2.05, 4.69) is 29.0 Å². The quantitative estimate of drug-likeness (QED) is 0.304. The second-order valence-electron chi connectivity index (χ2n) is 7.92. The van der Waals surface area contributed by atoms with Gasteiger partial charge in [0, 0.05) is 10.4 Å². The van der Waals surface area contributed by atoms with Gasteiger partial charge in [0.25, 0.3) is 0 Å². The zero-order valence-corrected chi connectivity index (χ0v) is 20.0. The summed E-state index contributed by atoms with van der Waals surface area (Å²) in [5.41, 5.74) is 1.14. The largest absolute Gasteiger partial charge is 0.493 e. The lowest BCUT2D eigenvalue weighted by molar-refractivity contribution is -0.120. The van der Waals surface area contributed by atoms with Gasteiger partial charge in [-0.3, -0.25) is 14.3 Å². The zero-order valence-electron chi connectivity index (χ0n) is 19.2. The summed E-state index contributed by atoms with van der Waals surface area (Å²) in [6, 6.07) is 14.3. The number of ether oxygens (including phenoxy) is 1. The van der Waals surface area contributed by atoms with Gasteiger partial charge in [0.2, 0.25) is 5.88 Å². The van der Waals surface area contributed by atoms with Crippen molar-refractivity contribution in [3.63, 3.8) is 0 Å². The molecule has 1 aromatic heterocycles. The van der Waals surface area contributed by atoms with E-state index in [-0.39, 0.29) is 18.2 Å². The lowest BCUT2D eigenvalue weighted by Crippen LogP contribution is -2.28. The van der Waals surface area contributed by atoms with Gasteiger partial charge in [-0.15, -0.1) is 10.2 Å². The van der Waals surface area contributed by atoms with Crippen LogP contribution in [0.4, 0.5) is 5.69 Å². The van der Waals surface area contributed by atoms with E-state index in [1.54, 1.807) is 24.3 Å². The number of hydrogen-bond acceptors (Lipinski definition) is 5. The highest BCUT2D eigenvalue weighted by Crippen LogP contribution is 2.39. The molecule has 0 spiro atoms. The smallest absolute Gasteiger partial charge is 0.302 e. The van der Waals surface area contributed by atoms with Gasteiger partial charge in [0.15, 0.2) is 12.3 Å². The van der Waals surface area contributed by atoms with E-state index in [4.69, 9.17) is 16.3 Å². The van der Waals surface area contributed by atoms with Gasteiger partial charge in [0.05, 0.1) is 12.2 Å². The molecule has 0 atom stereocenters. The van der Waals surface area contributed by atoms with E-state index in [1.165, 1.54) is 0 Å². The fraction of sp³-hybridized carbons (Fsp3) is 0.400. The molecule has 8 heteroatoms. The normalized spacial score (nSPS) is 11.6. The molecule has 0 bridgehead atoms. The number of unbranched alkanes of at least 4 members (excludes halogenated alkanes) is 2. The molecule has 176 valence electrons. The number of azo groups is 1. The number of benzene rings is 2. The first-order valence-electron chi connectivity index (χ1n) is 11.4. The van der Waals surface area contributed by atoms with Crippen LogP contribution in [0.2, 0.25) is 5.02 Å². The summed E-state index contributed by atoms with van der Waals surface area (Å²) in [4.78, 5) is 14.6. The van der Waals surface area contributed by atoms with Crippen molar-refractivity contribution in [2.75, 3.05) is 19.7 Å². The summed E-state index contributed by atoms with van der Waals surface area (Å²) in [7, 11) is 0. The molecule has 0 unspecified atom stereocenters. The Morgan fingerprint density at radius 1 is 1.06 bits per heavy atom. The number of amides is 1. The average molecular weight is 471 g/mol. The summed E-state index contributed by atoms with van der Waals surface area (Å²) in [5.74, 6) is -0.0280. The van der Waals surface area contributed by atoms with Crippen LogP contribution in [0, 0.1) is 0 Å². The number of carbonyl (C=O) groups excluding carboxylic acids is 1. The number of halogens is 1. The fourth-order valence-electron chi connectivity index (χ4n) is 3.54. The van der Waals surface area contributed by atoms with E-state index < -0.39 is 5.91 Å². The van der Waals surface area contributed by atoms with Crippen LogP contribution >= 0.6 is 11.6 Å². The lowest BCUT2D eigenvalue weighted by Gasteiger charge is -2.23. The Balaban J connectivity index is 1.77. The molecule has 0 saturated carbocycles. The molecule has 0 aliphatic rings. The molecule has 7 nitrogen and oxygen atoms in total. The molecule has 1 amide bonds. The summed E-state index contributed by atoms with van der Waals surface area (Å²) >= 11 is 5.85. The van der Waals surface area contributed by atoms with Crippen LogP contribution in [0.15, 0.2) is 58.8 Å². The molecule has 0 aliphatic carbocycles. The molecule has 0 fully saturated rings. The van der Waals surface area contributed by atoms with E-state index in [0.29, 0.717) is 17.4 Å². The molecule has 1 heterocycles. The van der Waals surface area contributed by atoms with Crippen LogP contribution in [-0.2, 0) is 11.5 Å². The number of carbonyl (C=O) groups is 1. The number of aromatic hydroxyl groups is 1. The Hall–Kier alpha value is -2.90. The van der Waals surface area contributed by atoms with Crippen LogP contribution in [-0.4, -0.2) is 40.2 Å². The highest BCUT2D eigenvalue weighted by molar-refractivity contribution is 6.30. The van der Waals surface area contributed by atoms with Crippen molar-refractivity contribution in [2.45, 2.75) is 46.2 Å². The van der Waals surface area contributed by atoms with Gasteiger partial charge < -0.3 is 9.84 Å². The lowest BCUT2D eigenvalue weighted by atomic mass is 10.2. The number of aromatic nitrogens is 1. The maximum atomic E-state index is 12.2. The minimum absolute atomic E-state index is 0.00404. The van der Waals surface area contributed by atoms with Crippen LogP contribution in [0.1, 0.15) is 39.5 Å². The summed E-state index contributed by atoms with van der Waals surface area (Å²) < 4.78 is 7.26. The van der Waals surface area contributed by atoms with Gasteiger partial charge >= 0.3 is 5.91 Å². The number of hydrogen-bond donors (Lipinski definition) is 1. The fourth-order valence-corrected chi connectivity index (χ4v) is 3.67. The van der Waals surface area contributed by atoms with Gasteiger partial charge in [-0.1, -0.05) is 56.5 Å². The Morgan fingerprint density at radius 2 is 1.73 bits per heavy atom. The van der Waals surface area contributed by atoms with Crippen molar-refractivity contribution < 1.29 is 14.6 Å². The van der Waals surface area contributed by atoms with Crippen molar-refractivity contribution in [1.82, 2.24) is 9.47 Å². The van der Waals surface area contributed by atoms with E-state index in [1.807, 2.05) is 28.8 Å². The number of para-hydroxylation sites is 1. The predicted molar refractivity (Wildman–Crippen MR) is 131 cm³/mol. The van der Waals surface area contributed by atoms with Crippen molar-refractivity contribution in [1.29, 1.82) is 0 Å². The van der Waals surface area contributed by atoms with Crippen molar-refractivity contribution >= 4 is 34.1 Å². The predicted octanol–water partition coefficient (Wildman–Crippen LogP) is 6.55. The SMILES string of the molecule is CCCCN(CCCC)Cn1c(O)c(N=NC(=O)COc2ccc(Cl)cc2)c2ccccc21. The Morgan fingerprint density at radius 3 is 2.39 bits per heavy atom. The van der Waals surface area contributed by atoms with E-state index >= 15 is 0 Å². The first-order valence-corrected chi connectivity index (χ1v) is 11.8. The van der Waals surface area contributed by atoms with Crippen molar-refractivity contribution in [3.05, 3.63) is 53.6 Å². The van der Waals surface area contributed by atoms with Gasteiger partial charge in [0.1, 0.15) is 5.75 Å². The highest BCUT2D eigenvalue weighted by Gasteiger charge is 2.18. The van der Waals surface area contributed by atoms with Gasteiger partial charge in [-0.2, -0.15) is 0 Å². The van der Waals surface area contributed by atoms with Crippen molar-refractivity contribution in [2.24, 2.45) is 10.2 Å². The maximum Gasteiger partial charge on any atom is 0.302 e. The molecule has 2 aromatic carbocycles. The van der Waals surface area contributed by atoms with Gasteiger partial charge in [-0.25, -0.2) is 0 Å². The molecule has 0 radical (unpaired) electrons. The molecule has 33 heavy (non-hydrogen) atoms. The first kappa shape index (κ1) is 24.7. The zero-order chi connectivity index (χ0) is 23.6. The van der Waals surface area contributed by atoms with Crippen LogP contribution in [0.3, 0.4) is 0 Å². The second kappa shape index (κ2) is 12.4. The Labute approximate surface area is 199 Å². The maximum absolute atomic E-state index is 12.2. The second-order valence-corrected chi connectivity index (χ2v) is 8.36. The van der Waals surface area contributed by atoms with E-state index in [9.17, 15) is 9.90 Å². The monoisotopic (exact) mass is 470 g/mol. The third kappa shape index (κ3) is 6.79. The first-order chi connectivity index (χ1) is 16.0. The molecule has 3 rings (SSSR count). The molecular weight excluding hydrogens is 440 g/mol. The summed E-state index contributed by atoms with van der Waals surface area (Å²) in [5, 5.41) is 20.2. The molecule has 1 N–H and O–H groups in total. The molecule has 0 aliphatic heterocycles. The number of fused-ring (bicyclic) bond motifs is 1.